The minimum Gasteiger partial charge on any atom is -0.395 e. The third-order valence-corrected chi connectivity index (χ3v) is 7.40. The van der Waals surface area contributed by atoms with Gasteiger partial charge in [-0.05, 0) is 51.9 Å². The van der Waals surface area contributed by atoms with Gasteiger partial charge in [0.1, 0.15) is 0 Å². The van der Waals surface area contributed by atoms with Crippen LogP contribution in [0.15, 0.2) is 91.0 Å². The van der Waals surface area contributed by atoms with Crippen molar-refractivity contribution in [3.05, 3.63) is 111 Å². The second-order valence-electron chi connectivity index (χ2n) is 9.25. The number of fused-ring (bicyclic) bond motifs is 1. The largest absolute Gasteiger partial charge is 0.395 e. The van der Waals surface area contributed by atoms with Crippen LogP contribution in [0.2, 0.25) is 0 Å². The van der Waals surface area contributed by atoms with Gasteiger partial charge < -0.3 is 20.0 Å². The predicted octanol–water partition coefficient (Wildman–Crippen LogP) is 4.63. The monoisotopic (exact) mass is 610 g/mol. The summed E-state index contributed by atoms with van der Waals surface area (Å²) in [5.74, 6) is -1.07. The van der Waals surface area contributed by atoms with Crippen LogP contribution >= 0.6 is 22.6 Å². The third kappa shape index (κ3) is 5.95. The van der Waals surface area contributed by atoms with E-state index in [1.807, 2.05) is 78.9 Å². The average Bonchev–Trinajstić information content (AvgIpc) is 3.11. The summed E-state index contributed by atoms with van der Waals surface area (Å²) in [6, 6.07) is 25.0. The molecule has 7 heteroatoms. The van der Waals surface area contributed by atoms with E-state index in [9.17, 15) is 19.8 Å². The van der Waals surface area contributed by atoms with Gasteiger partial charge >= 0.3 is 0 Å². The zero-order chi connectivity index (χ0) is 26.4. The van der Waals surface area contributed by atoms with Crippen molar-refractivity contribution in [2.24, 2.45) is 5.92 Å². The second kappa shape index (κ2) is 12.0. The first-order chi connectivity index (χ1) is 17.8. The molecule has 0 saturated heterocycles. The SMILES string of the molecule is C[C@H](/C=C/CC(=O)N(CCO)Cc1ccccc1)[C@@]1(O)C(=O)N(Cc2ccccc2)c2ccc(I)cc21. The van der Waals surface area contributed by atoms with Crippen LogP contribution in [0.3, 0.4) is 0 Å². The maximum atomic E-state index is 13.7. The molecular weight excluding hydrogens is 579 g/mol. The number of carbonyl (C=O) groups excluding carboxylic acids is 2. The fourth-order valence-electron chi connectivity index (χ4n) is 4.70. The van der Waals surface area contributed by atoms with Crippen LogP contribution < -0.4 is 4.90 Å². The first kappa shape index (κ1) is 27.0. The van der Waals surface area contributed by atoms with E-state index in [0.29, 0.717) is 24.3 Å². The Bertz CT molecular complexity index is 1270. The van der Waals surface area contributed by atoms with Gasteiger partial charge in [-0.2, -0.15) is 0 Å². The normalized spacial score (nSPS) is 17.7. The number of benzene rings is 3. The van der Waals surface area contributed by atoms with Crippen LogP contribution in [-0.4, -0.2) is 40.1 Å². The summed E-state index contributed by atoms with van der Waals surface area (Å²) >= 11 is 2.18. The summed E-state index contributed by atoms with van der Waals surface area (Å²) in [6.45, 7) is 2.68. The van der Waals surface area contributed by atoms with Crippen LogP contribution in [0.5, 0.6) is 0 Å². The zero-order valence-corrected chi connectivity index (χ0v) is 22.9. The van der Waals surface area contributed by atoms with Crippen LogP contribution in [0.4, 0.5) is 5.69 Å². The summed E-state index contributed by atoms with van der Waals surface area (Å²) in [4.78, 5) is 29.8. The van der Waals surface area contributed by atoms with Gasteiger partial charge in [-0.15, -0.1) is 0 Å². The van der Waals surface area contributed by atoms with E-state index in [4.69, 9.17) is 0 Å². The summed E-state index contributed by atoms with van der Waals surface area (Å²) < 4.78 is 0.927. The molecule has 37 heavy (non-hydrogen) atoms. The maximum Gasteiger partial charge on any atom is 0.264 e. The number of amides is 2. The quantitative estimate of drug-likeness (QED) is 0.259. The van der Waals surface area contributed by atoms with Crippen molar-refractivity contribution in [3.63, 3.8) is 0 Å². The second-order valence-corrected chi connectivity index (χ2v) is 10.5. The Labute approximate surface area is 231 Å². The Kier molecular flexibility index (Phi) is 8.79. The minimum absolute atomic E-state index is 0.106. The van der Waals surface area contributed by atoms with E-state index >= 15 is 0 Å². The van der Waals surface area contributed by atoms with Crippen LogP contribution in [-0.2, 0) is 28.3 Å². The van der Waals surface area contributed by atoms with Crippen molar-refractivity contribution in [2.45, 2.75) is 32.0 Å². The zero-order valence-electron chi connectivity index (χ0n) is 20.8. The number of rotatable bonds is 10. The van der Waals surface area contributed by atoms with Crippen molar-refractivity contribution in [3.8, 4) is 0 Å². The number of hydrogen-bond acceptors (Lipinski definition) is 4. The third-order valence-electron chi connectivity index (χ3n) is 6.73. The van der Waals surface area contributed by atoms with E-state index in [1.165, 1.54) is 0 Å². The molecule has 2 atom stereocenters. The number of aliphatic hydroxyl groups is 2. The van der Waals surface area contributed by atoms with E-state index in [2.05, 4.69) is 22.6 Å². The van der Waals surface area contributed by atoms with Crippen LogP contribution in [0, 0.1) is 9.49 Å². The molecule has 0 aromatic heterocycles. The molecule has 6 nitrogen and oxygen atoms in total. The summed E-state index contributed by atoms with van der Waals surface area (Å²) in [7, 11) is 0. The molecule has 4 rings (SSSR count). The number of aliphatic hydroxyl groups excluding tert-OH is 1. The van der Waals surface area contributed by atoms with Gasteiger partial charge in [-0.25, -0.2) is 0 Å². The van der Waals surface area contributed by atoms with E-state index in [0.717, 1.165) is 14.7 Å². The Morgan fingerprint density at radius 1 is 1.05 bits per heavy atom. The van der Waals surface area contributed by atoms with Crippen molar-refractivity contribution < 1.29 is 19.8 Å². The van der Waals surface area contributed by atoms with Gasteiger partial charge in [0.15, 0.2) is 5.60 Å². The van der Waals surface area contributed by atoms with Crippen molar-refractivity contribution in [1.29, 1.82) is 0 Å². The van der Waals surface area contributed by atoms with Crippen molar-refractivity contribution in [2.75, 3.05) is 18.1 Å². The van der Waals surface area contributed by atoms with Crippen molar-refractivity contribution in [1.82, 2.24) is 4.90 Å². The molecule has 0 radical (unpaired) electrons. The van der Waals surface area contributed by atoms with Gasteiger partial charge in [0.25, 0.3) is 5.91 Å². The molecule has 1 heterocycles. The number of nitrogens with zero attached hydrogens (tertiary/aromatic N) is 2. The fraction of sp³-hybridized carbons (Fsp3) is 0.267. The topological polar surface area (TPSA) is 81.1 Å². The summed E-state index contributed by atoms with van der Waals surface area (Å²) in [6.07, 6.45) is 3.56. The lowest BCUT2D eigenvalue weighted by molar-refractivity contribution is -0.139. The van der Waals surface area contributed by atoms with Crippen molar-refractivity contribution >= 4 is 40.1 Å². The number of anilines is 1. The molecule has 3 aromatic carbocycles. The molecule has 0 spiro atoms. The molecule has 192 valence electrons. The first-order valence-electron chi connectivity index (χ1n) is 12.3. The standard InChI is InChI=1S/C30H31IN2O4/c1-22(9-8-14-28(35)32(17-18-34)20-23-10-4-2-5-11-23)30(37)26-19-25(31)15-16-27(26)33(29(30)36)21-24-12-6-3-7-13-24/h2-13,15-16,19,22,34,37H,14,17-18,20-21H2,1H3/b9-8+/t22-,30+/m1/s1. The van der Waals surface area contributed by atoms with E-state index in [-0.39, 0.29) is 31.4 Å². The Hall–Kier alpha value is -3.01. The Morgan fingerprint density at radius 3 is 2.35 bits per heavy atom. The molecular formula is C30H31IN2O4. The highest BCUT2D eigenvalue weighted by molar-refractivity contribution is 14.1. The molecule has 2 amide bonds. The lowest BCUT2D eigenvalue weighted by Crippen LogP contribution is -2.44. The maximum absolute atomic E-state index is 13.7. The van der Waals surface area contributed by atoms with Gasteiger partial charge in [0, 0.05) is 34.6 Å². The molecule has 0 saturated carbocycles. The number of hydrogen-bond donors (Lipinski definition) is 2. The van der Waals surface area contributed by atoms with E-state index in [1.54, 1.807) is 28.9 Å². The number of carbonyl (C=O) groups is 2. The highest BCUT2D eigenvalue weighted by atomic mass is 127. The lowest BCUT2D eigenvalue weighted by Gasteiger charge is -2.28. The van der Waals surface area contributed by atoms with Gasteiger partial charge in [0.05, 0.1) is 18.8 Å². The molecule has 1 aliphatic heterocycles. The average molecular weight is 610 g/mol. The molecule has 1 aliphatic rings. The molecule has 0 fully saturated rings. The smallest absolute Gasteiger partial charge is 0.264 e. The first-order valence-corrected chi connectivity index (χ1v) is 13.4. The summed E-state index contributed by atoms with van der Waals surface area (Å²) in [5, 5.41) is 21.3. The molecule has 2 N–H and O–H groups in total. The van der Waals surface area contributed by atoms with Gasteiger partial charge in [0.2, 0.25) is 5.91 Å². The van der Waals surface area contributed by atoms with E-state index < -0.39 is 11.5 Å². The predicted molar refractivity (Wildman–Crippen MR) is 153 cm³/mol. The Balaban J connectivity index is 1.51. The molecule has 3 aromatic rings. The van der Waals surface area contributed by atoms with Gasteiger partial charge in [-0.3, -0.25) is 9.59 Å². The van der Waals surface area contributed by atoms with Gasteiger partial charge in [-0.1, -0.05) is 79.7 Å². The molecule has 0 aliphatic carbocycles. The molecule has 0 unspecified atom stereocenters. The molecule has 0 bridgehead atoms. The lowest BCUT2D eigenvalue weighted by atomic mass is 9.83. The van der Waals surface area contributed by atoms with Crippen LogP contribution in [0.25, 0.3) is 0 Å². The highest BCUT2D eigenvalue weighted by Gasteiger charge is 2.52. The summed E-state index contributed by atoms with van der Waals surface area (Å²) in [5.41, 5.74) is 1.50. The minimum atomic E-state index is -1.74. The highest BCUT2D eigenvalue weighted by Crippen LogP contribution is 2.46. The van der Waals surface area contributed by atoms with Crippen LogP contribution in [0.1, 0.15) is 30.0 Å². The fourth-order valence-corrected chi connectivity index (χ4v) is 5.19. The number of halogens is 1. The Morgan fingerprint density at radius 2 is 1.70 bits per heavy atom.